The van der Waals surface area contributed by atoms with Crippen LogP contribution in [0.15, 0.2) is 0 Å². The molecule has 2 saturated heterocycles. The zero-order valence-corrected chi connectivity index (χ0v) is 18.4. The predicted molar refractivity (Wildman–Crippen MR) is 112 cm³/mol. The lowest BCUT2D eigenvalue weighted by Gasteiger charge is -2.38. The molecule has 0 atom stereocenters. The van der Waals surface area contributed by atoms with Gasteiger partial charge in [-0.2, -0.15) is 0 Å². The van der Waals surface area contributed by atoms with Crippen LogP contribution in [-0.4, -0.2) is 39.0 Å². The van der Waals surface area contributed by atoms with Crippen molar-refractivity contribution in [3.05, 3.63) is 0 Å². The minimum Gasteiger partial charge on any atom is -0.352 e. The summed E-state index contributed by atoms with van der Waals surface area (Å²) in [7, 11) is 0. The van der Waals surface area contributed by atoms with Crippen LogP contribution in [0.4, 0.5) is 0 Å². The van der Waals surface area contributed by atoms with E-state index in [0.29, 0.717) is 17.8 Å². The van der Waals surface area contributed by atoms with Gasteiger partial charge < -0.3 is 18.9 Å². The van der Waals surface area contributed by atoms with Crippen LogP contribution in [0, 0.1) is 23.7 Å². The Morgan fingerprint density at radius 1 is 0.571 bits per heavy atom. The maximum atomic E-state index is 6.13. The van der Waals surface area contributed by atoms with Gasteiger partial charge in [-0.1, -0.05) is 46.0 Å². The molecule has 2 heterocycles. The van der Waals surface area contributed by atoms with Crippen molar-refractivity contribution in [1.82, 2.24) is 0 Å². The summed E-state index contributed by atoms with van der Waals surface area (Å²) in [6.45, 7) is 7.97. The Hall–Kier alpha value is -0.160. The Balaban J connectivity index is 1.24. The van der Waals surface area contributed by atoms with E-state index in [2.05, 4.69) is 13.8 Å². The minimum atomic E-state index is -0.0195. The number of hydrogen-bond acceptors (Lipinski definition) is 4. The van der Waals surface area contributed by atoms with Gasteiger partial charge in [0, 0.05) is 17.8 Å². The average molecular weight is 397 g/mol. The first kappa shape index (κ1) is 22.5. The molecule has 1 saturated carbocycles. The second-order valence-corrected chi connectivity index (χ2v) is 9.51. The van der Waals surface area contributed by atoms with Gasteiger partial charge in [-0.3, -0.25) is 0 Å². The normalized spacial score (nSPS) is 37.1. The SMILES string of the molecule is CCCCCC1COC(CCC2COC(C3CCC(CCC)CC3)OC2)OC1. The standard InChI is InChI=1S/C24H44O4/c1-3-5-6-8-20-15-25-23(26-16-20)14-11-21-17-27-24(28-18-21)22-12-9-19(7-4-2)10-13-22/h19-24H,3-18H2,1-2H3. The van der Waals surface area contributed by atoms with Crippen molar-refractivity contribution in [3.63, 3.8) is 0 Å². The smallest absolute Gasteiger partial charge is 0.160 e. The monoisotopic (exact) mass is 396 g/mol. The predicted octanol–water partition coefficient (Wildman–Crippen LogP) is 5.93. The zero-order chi connectivity index (χ0) is 19.6. The molecule has 4 heteroatoms. The molecule has 0 spiro atoms. The van der Waals surface area contributed by atoms with E-state index >= 15 is 0 Å². The fourth-order valence-electron chi connectivity index (χ4n) is 5.13. The summed E-state index contributed by atoms with van der Waals surface area (Å²) >= 11 is 0. The maximum absolute atomic E-state index is 6.13. The van der Waals surface area contributed by atoms with Crippen molar-refractivity contribution in [2.75, 3.05) is 26.4 Å². The largest absolute Gasteiger partial charge is 0.352 e. The van der Waals surface area contributed by atoms with Crippen molar-refractivity contribution in [1.29, 1.82) is 0 Å². The Bertz CT molecular complexity index is 391. The molecule has 0 unspecified atom stereocenters. The molecular formula is C24H44O4. The lowest BCUT2D eigenvalue weighted by atomic mass is 9.79. The molecule has 3 aliphatic rings. The van der Waals surface area contributed by atoms with Gasteiger partial charge in [-0.15, -0.1) is 0 Å². The molecule has 0 radical (unpaired) electrons. The van der Waals surface area contributed by atoms with E-state index < -0.39 is 0 Å². The lowest BCUT2D eigenvalue weighted by molar-refractivity contribution is -0.236. The Labute approximate surface area is 173 Å². The van der Waals surface area contributed by atoms with Crippen molar-refractivity contribution < 1.29 is 18.9 Å². The molecule has 0 N–H and O–H groups in total. The number of unbranched alkanes of at least 4 members (excludes halogenated alkanes) is 2. The molecular weight excluding hydrogens is 352 g/mol. The lowest BCUT2D eigenvalue weighted by Crippen LogP contribution is -2.39. The zero-order valence-electron chi connectivity index (χ0n) is 18.4. The fraction of sp³-hybridized carbons (Fsp3) is 1.00. The second-order valence-electron chi connectivity index (χ2n) is 9.51. The first-order valence-corrected chi connectivity index (χ1v) is 12.2. The third kappa shape index (κ3) is 7.27. The molecule has 3 fully saturated rings. The summed E-state index contributed by atoms with van der Waals surface area (Å²) in [5.41, 5.74) is 0. The molecule has 0 aromatic heterocycles. The molecule has 28 heavy (non-hydrogen) atoms. The van der Waals surface area contributed by atoms with Gasteiger partial charge in [0.2, 0.25) is 0 Å². The van der Waals surface area contributed by atoms with Crippen LogP contribution in [0.2, 0.25) is 0 Å². The molecule has 0 bridgehead atoms. The van der Waals surface area contributed by atoms with Gasteiger partial charge in [-0.25, -0.2) is 0 Å². The average Bonchev–Trinajstić information content (AvgIpc) is 2.75. The second kappa shape index (κ2) is 12.5. The van der Waals surface area contributed by atoms with E-state index in [4.69, 9.17) is 18.9 Å². The summed E-state index contributed by atoms with van der Waals surface area (Å²) in [6.07, 6.45) is 15.2. The van der Waals surface area contributed by atoms with Crippen LogP contribution in [-0.2, 0) is 18.9 Å². The summed E-state index contributed by atoms with van der Waals surface area (Å²) in [5.74, 6) is 2.64. The summed E-state index contributed by atoms with van der Waals surface area (Å²) in [4.78, 5) is 0. The molecule has 164 valence electrons. The minimum absolute atomic E-state index is 0.0195. The molecule has 4 nitrogen and oxygen atoms in total. The molecule has 0 aromatic rings. The van der Waals surface area contributed by atoms with E-state index in [1.54, 1.807) is 0 Å². The van der Waals surface area contributed by atoms with E-state index in [1.807, 2.05) is 0 Å². The number of rotatable bonds is 10. The van der Waals surface area contributed by atoms with Gasteiger partial charge in [0.05, 0.1) is 26.4 Å². The van der Waals surface area contributed by atoms with Crippen molar-refractivity contribution >= 4 is 0 Å². The highest BCUT2D eigenvalue weighted by Crippen LogP contribution is 2.36. The molecule has 2 aliphatic heterocycles. The molecule has 3 rings (SSSR count). The quantitative estimate of drug-likeness (QED) is 0.429. The van der Waals surface area contributed by atoms with Crippen molar-refractivity contribution in [2.45, 2.75) is 103 Å². The van der Waals surface area contributed by atoms with Gasteiger partial charge in [0.1, 0.15) is 0 Å². The summed E-state index contributed by atoms with van der Waals surface area (Å²) in [5, 5.41) is 0. The Kier molecular flexibility index (Phi) is 10.1. The van der Waals surface area contributed by atoms with E-state index in [1.165, 1.54) is 64.2 Å². The summed E-state index contributed by atoms with van der Waals surface area (Å²) < 4.78 is 24.2. The van der Waals surface area contributed by atoms with Crippen LogP contribution in [0.1, 0.15) is 90.9 Å². The van der Waals surface area contributed by atoms with Gasteiger partial charge in [0.25, 0.3) is 0 Å². The third-order valence-corrected chi connectivity index (χ3v) is 7.03. The first-order chi connectivity index (χ1) is 13.8. The van der Waals surface area contributed by atoms with Crippen LogP contribution in [0.3, 0.4) is 0 Å². The van der Waals surface area contributed by atoms with Crippen LogP contribution >= 0.6 is 0 Å². The molecule has 0 aromatic carbocycles. The topological polar surface area (TPSA) is 36.9 Å². The van der Waals surface area contributed by atoms with Gasteiger partial charge in [0.15, 0.2) is 12.6 Å². The maximum Gasteiger partial charge on any atom is 0.160 e. The Morgan fingerprint density at radius 3 is 1.86 bits per heavy atom. The van der Waals surface area contributed by atoms with Crippen molar-refractivity contribution in [3.8, 4) is 0 Å². The third-order valence-electron chi connectivity index (χ3n) is 7.03. The van der Waals surface area contributed by atoms with Crippen LogP contribution in [0.5, 0.6) is 0 Å². The molecule has 1 aliphatic carbocycles. The fourth-order valence-corrected chi connectivity index (χ4v) is 5.13. The summed E-state index contributed by atoms with van der Waals surface area (Å²) in [6, 6.07) is 0. The Morgan fingerprint density at radius 2 is 1.21 bits per heavy atom. The van der Waals surface area contributed by atoms with Crippen molar-refractivity contribution in [2.24, 2.45) is 23.7 Å². The van der Waals surface area contributed by atoms with Gasteiger partial charge in [-0.05, 0) is 50.9 Å². The van der Waals surface area contributed by atoms with Gasteiger partial charge >= 0.3 is 0 Å². The highest BCUT2D eigenvalue weighted by molar-refractivity contribution is 4.77. The van der Waals surface area contributed by atoms with E-state index in [0.717, 1.165) is 45.2 Å². The number of hydrogen-bond donors (Lipinski definition) is 0. The van der Waals surface area contributed by atoms with Crippen LogP contribution < -0.4 is 0 Å². The van der Waals surface area contributed by atoms with E-state index in [-0.39, 0.29) is 12.6 Å². The molecule has 0 amide bonds. The van der Waals surface area contributed by atoms with Crippen LogP contribution in [0.25, 0.3) is 0 Å². The highest BCUT2D eigenvalue weighted by atomic mass is 16.7. The number of ether oxygens (including phenoxy) is 4. The highest BCUT2D eigenvalue weighted by Gasteiger charge is 2.32. The first-order valence-electron chi connectivity index (χ1n) is 12.2. The van der Waals surface area contributed by atoms with E-state index in [9.17, 15) is 0 Å².